The van der Waals surface area contributed by atoms with Crippen LogP contribution in [0.1, 0.15) is 25.7 Å². The maximum atomic E-state index is 10.9. The third-order valence-corrected chi connectivity index (χ3v) is 5.09. The molecule has 1 aromatic heterocycles. The van der Waals surface area contributed by atoms with Gasteiger partial charge in [-0.3, -0.25) is 0 Å². The molecule has 0 bridgehead atoms. The molecule has 20 heavy (non-hydrogen) atoms. The van der Waals surface area contributed by atoms with E-state index in [9.17, 15) is 4.79 Å². The maximum Gasteiger partial charge on any atom is 0.345 e. The largest absolute Gasteiger partial charge is 0.477 e. The summed E-state index contributed by atoms with van der Waals surface area (Å²) < 4.78 is 0.936. The van der Waals surface area contributed by atoms with Crippen LogP contribution in [0.4, 0.5) is 5.69 Å². The van der Waals surface area contributed by atoms with Crippen LogP contribution in [0, 0.1) is 13.8 Å². The highest BCUT2D eigenvalue weighted by Crippen LogP contribution is 2.30. The number of anilines is 1. The Labute approximate surface area is 134 Å². The van der Waals surface area contributed by atoms with Crippen LogP contribution in [0.2, 0.25) is 5.02 Å². The van der Waals surface area contributed by atoms with Crippen molar-refractivity contribution in [3.05, 3.63) is 48.6 Å². The lowest BCUT2D eigenvalue weighted by atomic mass is 10.2. The Morgan fingerprint density at radius 3 is 2.70 bits per heavy atom. The summed E-state index contributed by atoms with van der Waals surface area (Å²) in [7, 11) is 0. The predicted molar refractivity (Wildman–Crippen MR) is 87.2 cm³/mol. The summed E-state index contributed by atoms with van der Waals surface area (Å²) in [6, 6.07) is 5.52. The van der Waals surface area contributed by atoms with Gasteiger partial charge in [-0.2, -0.15) is 0 Å². The van der Waals surface area contributed by atoms with Crippen molar-refractivity contribution >= 4 is 50.5 Å². The molecule has 3 nitrogen and oxygen atoms in total. The molecule has 0 saturated heterocycles. The SMILES string of the molecule is Cc1cc(Br)c(NCc2cc(C(=O)O)sc2C)cc1Cl. The highest BCUT2D eigenvalue weighted by molar-refractivity contribution is 9.10. The molecule has 0 saturated carbocycles. The van der Waals surface area contributed by atoms with Gasteiger partial charge < -0.3 is 10.4 Å². The second-order valence-corrected chi connectivity index (χ2v) is 6.95. The van der Waals surface area contributed by atoms with Crippen LogP contribution < -0.4 is 5.32 Å². The van der Waals surface area contributed by atoms with E-state index in [1.54, 1.807) is 6.07 Å². The first-order chi connectivity index (χ1) is 9.38. The molecular formula is C14H13BrClNO2S. The summed E-state index contributed by atoms with van der Waals surface area (Å²) in [6.07, 6.45) is 0. The Kier molecular flexibility index (Phi) is 4.73. The van der Waals surface area contributed by atoms with E-state index in [4.69, 9.17) is 16.7 Å². The number of carbonyl (C=O) groups is 1. The number of nitrogens with one attached hydrogen (secondary N) is 1. The number of aromatic carboxylic acids is 1. The minimum absolute atomic E-state index is 0.361. The molecule has 0 spiro atoms. The lowest BCUT2D eigenvalue weighted by Gasteiger charge is -2.10. The molecule has 0 fully saturated rings. The summed E-state index contributed by atoms with van der Waals surface area (Å²) in [5, 5.41) is 13.0. The molecule has 0 aliphatic heterocycles. The third-order valence-electron chi connectivity index (χ3n) is 2.95. The minimum Gasteiger partial charge on any atom is -0.477 e. The molecule has 2 aromatic rings. The predicted octanol–water partition coefficient (Wildman–Crippen LogP) is 5.09. The van der Waals surface area contributed by atoms with Gasteiger partial charge in [0.15, 0.2) is 0 Å². The second kappa shape index (κ2) is 6.16. The highest BCUT2D eigenvalue weighted by atomic mass is 79.9. The Hall–Kier alpha value is -1.04. The first-order valence-electron chi connectivity index (χ1n) is 5.90. The van der Waals surface area contributed by atoms with Gasteiger partial charge in [0.05, 0.1) is 5.69 Å². The fraction of sp³-hybridized carbons (Fsp3) is 0.214. The van der Waals surface area contributed by atoms with Crippen molar-refractivity contribution in [2.75, 3.05) is 5.32 Å². The molecule has 2 rings (SSSR count). The molecule has 0 unspecified atom stereocenters. The number of benzene rings is 1. The van der Waals surface area contributed by atoms with Crippen LogP contribution in [0.3, 0.4) is 0 Å². The fourth-order valence-electron chi connectivity index (χ4n) is 1.77. The Balaban J connectivity index is 2.17. The first-order valence-corrected chi connectivity index (χ1v) is 7.89. The van der Waals surface area contributed by atoms with Crippen LogP contribution in [-0.4, -0.2) is 11.1 Å². The summed E-state index contributed by atoms with van der Waals surface area (Å²) >= 11 is 10.9. The number of carboxylic acid groups (broad SMARTS) is 1. The number of hydrogen-bond acceptors (Lipinski definition) is 3. The van der Waals surface area contributed by atoms with Gasteiger partial charge in [-0.15, -0.1) is 11.3 Å². The van der Waals surface area contributed by atoms with E-state index in [2.05, 4.69) is 21.2 Å². The lowest BCUT2D eigenvalue weighted by Crippen LogP contribution is -2.01. The average molecular weight is 375 g/mol. The van der Waals surface area contributed by atoms with Crippen molar-refractivity contribution < 1.29 is 9.90 Å². The fourth-order valence-corrected chi connectivity index (χ4v) is 3.42. The Bertz CT molecular complexity index is 669. The van der Waals surface area contributed by atoms with E-state index in [1.807, 2.05) is 26.0 Å². The molecule has 0 atom stereocenters. The van der Waals surface area contributed by atoms with E-state index in [1.165, 1.54) is 11.3 Å². The molecule has 0 aliphatic rings. The molecule has 0 radical (unpaired) electrons. The molecule has 1 heterocycles. The number of thiophene rings is 1. The lowest BCUT2D eigenvalue weighted by molar-refractivity contribution is 0.0702. The quantitative estimate of drug-likeness (QED) is 0.783. The second-order valence-electron chi connectivity index (χ2n) is 4.43. The van der Waals surface area contributed by atoms with Crippen molar-refractivity contribution in [1.29, 1.82) is 0 Å². The van der Waals surface area contributed by atoms with E-state index >= 15 is 0 Å². The number of rotatable bonds is 4. The number of halogens is 2. The van der Waals surface area contributed by atoms with Gasteiger partial charge in [0.25, 0.3) is 0 Å². The standard InChI is InChI=1S/C14H13BrClNO2S/c1-7-3-10(15)12(5-11(7)16)17-6-9-4-13(14(18)19)20-8(9)2/h3-5,17H,6H2,1-2H3,(H,18,19). The van der Waals surface area contributed by atoms with Crippen LogP contribution in [0.25, 0.3) is 0 Å². The first kappa shape index (κ1) is 15.4. The topological polar surface area (TPSA) is 49.3 Å². The average Bonchev–Trinajstić information content (AvgIpc) is 2.74. The van der Waals surface area contributed by atoms with Crippen molar-refractivity contribution in [3.8, 4) is 0 Å². The van der Waals surface area contributed by atoms with Gasteiger partial charge in [-0.1, -0.05) is 11.6 Å². The molecule has 0 aliphatic carbocycles. The van der Waals surface area contributed by atoms with Crippen LogP contribution in [0.15, 0.2) is 22.7 Å². The van der Waals surface area contributed by atoms with Gasteiger partial charge in [-0.25, -0.2) is 4.79 Å². The Morgan fingerprint density at radius 1 is 1.40 bits per heavy atom. The summed E-state index contributed by atoms with van der Waals surface area (Å²) in [4.78, 5) is 12.3. The van der Waals surface area contributed by atoms with E-state index in [0.29, 0.717) is 16.4 Å². The number of carboxylic acids is 1. The molecular weight excluding hydrogens is 362 g/mol. The van der Waals surface area contributed by atoms with Crippen molar-refractivity contribution in [1.82, 2.24) is 0 Å². The van der Waals surface area contributed by atoms with Crippen LogP contribution in [0.5, 0.6) is 0 Å². The zero-order valence-electron chi connectivity index (χ0n) is 11.0. The maximum absolute atomic E-state index is 10.9. The molecule has 0 amide bonds. The minimum atomic E-state index is -0.885. The van der Waals surface area contributed by atoms with Gasteiger partial charge in [0, 0.05) is 20.9 Å². The zero-order chi connectivity index (χ0) is 14.9. The van der Waals surface area contributed by atoms with Crippen LogP contribution >= 0.6 is 38.9 Å². The third kappa shape index (κ3) is 3.34. The summed E-state index contributed by atoms with van der Waals surface area (Å²) in [5.74, 6) is -0.885. The van der Waals surface area contributed by atoms with Crippen LogP contribution in [-0.2, 0) is 6.54 Å². The summed E-state index contributed by atoms with van der Waals surface area (Å²) in [5.41, 5.74) is 2.88. The van der Waals surface area contributed by atoms with Gasteiger partial charge in [-0.05, 0) is 59.1 Å². The van der Waals surface area contributed by atoms with Crippen molar-refractivity contribution in [2.24, 2.45) is 0 Å². The smallest absolute Gasteiger partial charge is 0.345 e. The molecule has 1 aromatic carbocycles. The molecule has 106 valence electrons. The Morgan fingerprint density at radius 2 is 2.10 bits per heavy atom. The van der Waals surface area contributed by atoms with Gasteiger partial charge in [0.1, 0.15) is 4.88 Å². The van der Waals surface area contributed by atoms with Gasteiger partial charge in [0.2, 0.25) is 0 Å². The number of aryl methyl sites for hydroxylation is 2. The summed E-state index contributed by atoms with van der Waals surface area (Å²) in [6.45, 7) is 4.43. The van der Waals surface area contributed by atoms with Crippen molar-refractivity contribution in [3.63, 3.8) is 0 Å². The van der Waals surface area contributed by atoms with E-state index < -0.39 is 5.97 Å². The normalized spacial score (nSPS) is 10.6. The van der Waals surface area contributed by atoms with Crippen molar-refractivity contribution in [2.45, 2.75) is 20.4 Å². The molecule has 2 N–H and O–H groups in total. The molecule has 6 heteroatoms. The zero-order valence-corrected chi connectivity index (χ0v) is 14.1. The van der Waals surface area contributed by atoms with E-state index in [0.717, 1.165) is 26.2 Å². The van der Waals surface area contributed by atoms with Gasteiger partial charge >= 0.3 is 5.97 Å². The monoisotopic (exact) mass is 373 g/mol. The highest BCUT2D eigenvalue weighted by Gasteiger charge is 2.11. The number of hydrogen-bond donors (Lipinski definition) is 2. The van der Waals surface area contributed by atoms with E-state index in [-0.39, 0.29) is 0 Å².